The number of hydrogen-bond acceptors (Lipinski definition) is 3. The molecule has 1 aromatic rings. The summed E-state index contributed by atoms with van der Waals surface area (Å²) < 4.78 is 13.2. The number of nitrogens with zero attached hydrogens (tertiary/aromatic N) is 1. The Morgan fingerprint density at radius 1 is 1.45 bits per heavy atom. The molecule has 106 valence electrons. The Balaban J connectivity index is 2.09. The van der Waals surface area contributed by atoms with E-state index in [1.807, 2.05) is 0 Å². The Morgan fingerprint density at radius 2 is 2.20 bits per heavy atom. The molecular weight excluding hydrogens is 257 g/mol. The summed E-state index contributed by atoms with van der Waals surface area (Å²) in [4.78, 5) is 12.3. The SMILES string of the molecule is N#Cc1cc(NC(=O)C2CCCCC2CN)ccc1F. The third kappa shape index (κ3) is 3.14. The molecule has 1 aromatic carbocycles. The molecule has 1 fully saturated rings. The quantitative estimate of drug-likeness (QED) is 0.889. The van der Waals surface area contributed by atoms with Crippen LogP contribution in [-0.4, -0.2) is 12.5 Å². The van der Waals surface area contributed by atoms with Gasteiger partial charge in [-0.15, -0.1) is 0 Å². The Hall–Kier alpha value is -1.93. The van der Waals surface area contributed by atoms with Gasteiger partial charge < -0.3 is 11.1 Å². The molecular formula is C15H18FN3O. The molecule has 1 aliphatic carbocycles. The summed E-state index contributed by atoms with van der Waals surface area (Å²) in [6.07, 6.45) is 3.95. The van der Waals surface area contributed by atoms with Crippen molar-refractivity contribution in [3.05, 3.63) is 29.6 Å². The number of halogens is 1. The van der Waals surface area contributed by atoms with Crippen molar-refractivity contribution in [3.8, 4) is 6.07 Å². The number of anilines is 1. The van der Waals surface area contributed by atoms with Gasteiger partial charge >= 0.3 is 0 Å². The lowest BCUT2D eigenvalue weighted by molar-refractivity contribution is -0.122. The first kappa shape index (κ1) is 14.5. The third-order valence-corrected chi connectivity index (χ3v) is 3.90. The Labute approximate surface area is 117 Å². The third-order valence-electron chi connectivity index (χ3n) is 3.90. The second kappa shape index (κ2) is 6.49. The molecule has 1 aliphatic rings. The fourth-order valence-corrected chi connectivity index (χ4v) is 2.76. The molecule has 20 heavy (non-hydrogen) atoms. The zero-order valence-electron chi connectivity index (χ0n) is 11.2. The van der Waals surface area contributed by atoms with Crippen molar-refractivity contribution in [1.82, 2.24) is 0 Å². The Bertz CT molecular complexity index is 538. The van der Waals surface area contributed by atoms with Crippen LogP contribution in [0, 0.1) is 29.0 Å². The lowest BCUT2D eigenvalue weighted by Gasteiger charge is -2.29. The highest BCUT2D eigenvalue weighted by atomic mass is 19.1. The average molecular weight is 275 g/mol. The van der Waals surface area contributed by atoms with Crippen molar-refractivity contribution in [2.45, 2.75) is 25.7 Å². The van der Waals surface area contributed by atoms with E-state index in [1.54, 1.807) is 6.07 Å². The normalized spacial score (nSPS) is 22.1. The summed E-state index contributed by atoms with van der Waals surface area (Å²) in [6.45, 7) is 0.505. The minimum absolute atomic E-state index is 0.0678. The molecule has 2 rings (SSSR count). The van der Waals surface area contributed by atoms with E-state index in [9.17, 15) is 9.18 Å². The van der Waals surface area contributed by atoms with Crippen LogP contribution in [-0.2, 0) is 4.79 Å². The summed E-state index contributed by atoms with van der Waals surface area (Å²) in [5.74, 6) is -0.553. The molecule has 2 unspecified atom stereocenters. The van der Waals surface area contributed by atoms with Crippen molar-refractivity contribution in [2.75, 3.05) is 11.9 Å². The first-order valence-corrected chi connectivity index (χ1v) is 6.86. The first-order valence-electron chi connectivity index (χ1n) is 6.86. The molecule has 3 N–H and O–H groups in total. The molecule has 0 radical (unpaired) electrons. The van der Waals surface area contributed by atoms with Gasteiger partial charge in [0.15, 0.2) is 0 Å². The number of rotatable bonds is 3. The maximum atomic E-state index is 13.2. The second-order valence-corrected chi connectivity index (χ2v) is 5.18. The van der Waals surface area contributed by atoms with Gasteiger partial charge in [0.2, 0.25) is 5.91 Å². The van der Waals surface area contributed by atoms with Gasteiger partial charge in [-0.05, 0) is 43.5 Å². The van der Waals surface area contributed by atoms with Crippen molar-refractivity contribution in [1.29, 1.82) is 5.26 Å². The zero-order chi connectivity index (χ0) is 14.5. The van der Waals surface area contributed by atoms with Crippen molar-refractivity contribution in [3.63, 3.8) is 0 Å². The van der Waals surface area contributed by atoms with Gasteiger partial charge in [-0.2, -0.15) is 5.26 Å². The maximum Gasteiger partial charge on any atom is 0.227 e. The summed E-state index contributed by atoms with van der Waals surface area (Å²) >= 11 is 0. The topological polar surface area (TPSA) is 78.9 Å². The Morgan fingerprint density at radius 3 is 2.90 bits per heavy atom. The van der Waals surface area contributed by atoms with Crippen LogP contribution in [0.5, 0.6) is 0 Å². The molecule has 0 aromatic heterocycles. The fourth-order valence-electron chi connectivity index (χ4n) is 2.76. The summed E-state index contributed by atoms with van der Waals surface area (Å²) in [5, 5.41) is 11.6. The minimum Gasteiger partial charge on any atom is -0.330 e. The van der Waals surface area contributed by atoms with Crippen LogP contribution in [0.4, 0.5) is 10.1 Å². The van der Waals surface area contributed by atoms with Crippen LogP contribution in [0.3, 0.4) is 0 Å². The van der Waals surface area contributed by atoms with Crippen LogP contribution >= 0.6 is 0 Å². The van der Waals surface area contributed by atoms with Gasteiger partial charge in [-0.3, -0.25) is 4.79 Å². The standard InChI is InChI=1S/C15H18FN3O/c16-14-6-5-12(7-11(14)9-18)19-15(20)13-4-2-1-3-10(13)8-17/h5-7,10,13H,1-4,8,17H2,(H,19,20). The zero-order valence-corrected chi connectivity index (χ0v) is 11.2. The smallest absolute Gasteiger partial charge is 0.227 e. The average Bonchev–Trinajstić information content (AvgIpc) is 2.49. The van der Waals surface area contributed by atoms with E-state index in [-0.39, 0.29) is 23.3 Å². The lowest BCUT2D eigenvalue weighted by Crippen LogP contribution is -2.35. The van der Waals surface area contributed by atoms with Gasteiger partial charge in [0, 0.05) is 11.6 Å². The highest BCUT2D eigenvalue weighted by molar-refractivity contribution is 5.93. The highest BCUT2D eigenvalue weighted by Crippen LogP contribution is 2.30. The predicted molar refractivity (Wildman–Crippen MR) is 74.2 cm³/mol. The van der Waals surface area contributed by atoms with Crippen LogP contribution < -0.4 is 11.1 Å². The van der Waals surface area contributed by atoms with E-state index in [4.69, 9.17) is 11.0 Å². The van der Waals surface area contributed by atoms with E-state index in [2.05, 4.69) is 5.32 Å². The van der Waals surface area contributed by atoms with Gasteiger partial charge in [0.05, 0.1) is 5.56 Å². The number of carbonyl (C=O) groups is 1. The van der Waals surface area contributed by atoms with Gasteiger partial charge in [0.25, 0.3) is 0 Å². The van der Waals surface area contributed by atoms with E-state index >= 15 is 0 Å². The number of carbonyl (C=O) groups excluding carboxylic acids is 1. The molecule has 2 atom stereocenters. The fraction of sp³-hybridized carbons (Fsp3) is 0.467. The van der Waals surface area contributed by atoms with Gasteiger partial charge in [0.1, 0.15) is 11.9 Å². The van der Waals surface area contributed by atoms with Crippen LogP contribution in [0.25, 0.3) is 0 Å². The Kier molecular flexibility index (Phi) is 4.70. The number of benzene rings is 1. The van der Waals surface area contributed by atoms with Crippen molar-refractivity contribution >= 4 is 11.6 Å². The molecule has 1 amide bonds. The van der Waals surface area contributed by atoms with E-state index in [0.717, 1.165) is 25.7 Å². The molecule has 5 heteroatoms. The lowest BCUT2D eigenvalue weighted by atomic mass is 9.78. The summed E-state index contributed by atoms with van der Waals surface area (Å²) in [7, 11) is 0. The number of nitrogens with one attached hydrogen (secondary N) is 1. The molecule has 0 aliphatic heterocycles. The monoisotopic (exact) mass is 275 g/mol. The molecule has 4 nitrogen and oxygen atoms in total. The van der Waals surface area contributed by atoms with Crippen LogP contribution in [0.2, 0.25) is 0 Å². The van der Waals surface area contributed by atoms with Gasteiger partial charge in [-0.1, -0.05) is 12.8 Å². The molecule has 1 saturated carbocycles. The van der Waals surface area contributed by atoms with Crippen LogP contribution in [0.1, 0.15) is 31.2 Å². The molecule has 0 spiro atoms. The highest BCUT2D eigenvalue weighted by Gasteiger charge is 2.29. The maximum absolute atomic E-state index is 13.2. The minimum atomic E-state index is -0.581. The van der Waals surface area contributed by atoms with E-state index < -0.39 is 5.82 Å². The molecule has 0 saturated heterocycles. The largest absolute Gasteiger partial charge is 0.330 e. The number of nitrogens with two attached hydrogens (primary N) is 1. The number of amides is 1. The van der Waals surface area contributed by atoms with E-state index in [1.165, 1.54) is 18.2 Å². The van der Waals surface area contributed by atoms with Crippen molar-refractivity contribution < 1.29 is 9.18 Å². The number of hydrogen-bond donors (Lipinski definition) is 2. The van der Waals surface area contributed by atoms with Crippen LogP contribution in [0.15, 0.2) is 18.2 Å². The first-order chi connectivity index (χ1) is 9.65. The number of nitriles is 1. The second-order valence-electron chi connectivity index (χ2n) is 5.18. The van der Waals surface area contributed by atoms with Crippen molar-refractivity contribution in [2.24, 2.45) is 17.6 Å². The molecule has 0 bridgehead atoms. The summed E-state index contributed by atoms with van der Waals surface area (Å²) in [5.41, 5.74) is 6.10. The molecule has 0 heterocycles. The van der Waals surface area contributed by atoms with E-state index in [0.29, 0.717) is 12.2 Å². The van der Waals surface area contributed by atoms with Gasteiger partial charge in [-0.25, -0.2) is 4.39 Å². The summed E-state index contributed by atoms with van der Waals surface area (Å²) in [6, 6.07) is 5.77. The predicted octanol–water partition coefficient (Wildman–Crippen LogP) is 2.40.